The van der Waals surface area contributed by atoms with Crippen molar-refractivity contribution in [2.45, 2.75) is 13.1 Å². The minimum Gasteiger partial charge on any atom is -0.489 e. The van der Waals surface area contributed by atoms with Crippen LogP contribution in [0.25, 0.3) is 11.4 Å². The van der Waals surface area contributed by atoms with Gasteiger partial charge in [0.05, 0.1) is 6.54 Å². The van der Waals surface area contributed by atoms with Gasteiger partial charge < -0.3 is 19.9 Å². The van der Waals surface area contributed by atoms with E-state index in [1.807, 2.05) is 36.4 Å². The van der Waals surface area contributed by atoms with E-state index in [4.69, 9.17) is 20.9 Å². The maximum Gasteiger partial charge on any atom is 0.246 e. The van der Waals surface area contributed by atoms with Crippen LogP contribution in [0.1, 0.15) is 11.5 Å². The largest absolute Gasteiger partial charge is 0.489 e. The van der Waals surface area contributed by atoms with E-state index in [1.165, 1.54) is 0 Å². The lowest BCUT2D eigenvalue weighted by Gasteiger charge is -2.13. The van der Waals surface area contributed by atoms with Crippen molar-refractivity contribution in [1.29, 1.82) is 0 Å². The van der Waals surface area contributed by atoms with Crippen molar-refractivity contribution in [2.24, 2.45) is 4.99 Å². The van der Waals surface area contributed by atoms with E-state index < -0.39 is 0 Å². The molecule has 0 bridgehead atoms. The predicted octanol–water partition coefficient (Wildman–Crippen LogP) is 3.82. The van der Waals surface area contributed by atoms with Gasteiger partial charge in [-0.3, -0.25) is 4.99 Å². The summed E-state index contributed by atoms with van der Waals surface area (Å²) >= 11 is 5.91. The summed E-state index contributed by atoms with van der Waals surface area (Å²) in [5, 5.41) is 11.1. The van der Waals surface area contributed by atoms with E-state index >= 15 is 0 Å². The van der Waals surface area contributed by atoms with Crippen molar-refractivity contribution in [3.05, 3.63) is 77.7 Å². The Kier molecular flexibility index (Phi) is 7.24. The van der Waals surface area contributed by atoms with Crippen LogP contribution >= 0.6 is 11.6 Å². The number of guanidine groups is 1. The summed E-state index contributed by atoms with van der Waals surface area (Å²) < 4.78 is 11.0. The first-order chi connectivity index (χ1) is 14.2. The fourth-order valence-corrected chi connectivity index (χ4v) is 2.67. The molecule has 1 heterocycles. The Hall–Kier alpha value is -3.32. The molecule has 0 aliphatic rings. The molecule has 29 heavy (non-hydrogen) atoms. The van der Waals surface area contributed by atoms with Gasteiger partial charge in [-0.05, 0) is 30.3 Å². The third kappa shape index (κ3) is 5.83. The van der Waals surface area contributed by atoms with Gasteiger partial charge in [-0.2, -0.15) is 4.98 Å². The summed E-state index contributed by atoms with van der Waals surface area (Å²) in [4.78, 5) is 8.60. The molecule has 3 rings (SSSR count). The minimum absolute atomic E-state index is 0.342. The second-order valence-electron chi connectivity index (χ2n) is 6.01. The van der Waals surface area contributed by atoms with E-state index in [1.54, 1.807) is 25.3 Å². The molecule has 0 spiro atoms. The molecule has 0 saturated heterocycles. The highest BCUT2D eigenvalue weighted by atomic mass is 35.5. The van der Waals surface area contributed by atoms with Gasteiger partial charge in [0.1, 0.15) is 12.4 Å². The Bertz CT molecular complexity index is 969. The fourth-order valence-electron chi connectivity index (χ4n) is 2.54. The van der Waals surface area contributed by atoms with Crippen LogP contribution < -0.4 is 15.4 Å². The van der Waals surface area contributed by atoms with E-state index in [-0.39, 0.29) is 0 Å². The monoisotopic (exact) mass is 411 g/mol. The van der Waals surface area contributed by atoms with Crippen LogP contribution in [-0.2, 0) is 13.1 Å². The molecule has 1 aromatic heterocycles. The van der Waals surface area contributed by atoms with Crippen LogP contribution in [-0.4, -0.2) is 29.8 Å². The number of aromatic nitrogens is 2. The smallest absolute Gasteiger partial charge is 0.246 e. The zero-order valence-electron chi connectivity index (χ0n) is 16.1. The molecule has 0 fully saturated rings. The molecular weight excluding hydrogens is 390 g/mol. The summed E-state index contributed by atoms with van der Waals surface area (Å²) in [5.74, 6) is 2.37. The van der Waals surface area contributed by atoms with Gasteiger partial charge in [-0.15, -0.1) is 0 Å². The molecule has 3 aromatic rings. The lowest BCUT2D eigenvalue weighted by Crippen LogP contribution is -2.36. The first-order valence-corrected chi connectivity index (χ1v) is 9.42. The number of nitrogens with zero attached hydrogens (tertiary/aromatic N) is 3. The number of para-hydroxylation sites is 1. The van der Waals surface area contributed by atoms with Crippen LogP contribution in [0.5, 0.6) is 5.75 Å². The van der Waals surface area contributed by atoms with Crippen molar-refractivity contribution in [2.75, 3.05) is 13.7 Å². The van der Waals surface area contributed by atoms with Crippen LogP contribution in [0.15, 0.2) is 70.7 Å². The summed E-state index contributed by atoms with van der Waals surface area (Å²) in [7, 11) is 1.70. The van der Waals surface area contributed by atoms with Crippen molar-refractivity contribution < 1.29 is 9.26 Å². The number of benzene rings is 2. The molecule has 0 atom stereocenters. The summed E-state index contributed by atoms with van der Waals surface area (Å²) in [6.45, 7) is 5.02. The second kappa shape index (κ2) is 10.3. The van der Waals surface area contributed by atoms with Crippen molar-refractivity contribution in [1.82, 2.24) is 20.8 Å². The Morgan fingerprint density at radius 1 is 1.17 bits per heavy atom. The topological polar surface area (TPSA) is 84.6 Å². The molecule has 0 radical (unpaired) electrons. The summed E-state index contributed by atoms with van der Waals surface area (Å²) in [5.41, 5.74) is 1.85. The zero-order chi connectivity index (χ0) is 20.5. The number of hydrogen-bond acceptors (Lipinski definition) is 5. The Balaban J connectivity index is 1.55. The van der Waals surface area contributed by atoms with E-state index in [0.29, 0.717) is 42.4 Å². The molecule has 2 N–H and O–H groups in total. The zero-order valence-corrected chi connectivity index (χ0v) is 16.8. The Morgan fingerprint density at radius 3 is 2.69 bits per heavy atom. The van der Waals surface area contributed by atoms with Gasteiger partial charge in [-0.1, -0.05) is 47.6 Å². The van der Waals surface area contributed by atoms with E-state index in [0.717, 1.165) is 16.9 Å². The van der Waals surface area contributed by atoms with Gasteiger partial charge in [0.25, 0.3) is 0 Å². The van der Waals surface area contributed by atoms with Gasteiger partial charge in [0, 0.05) is 29.7 Å². The van der Waals surface area contributed by atoms with Gasteiger partial charge in [-0.25, -0.2) is 0 Å². The van der Waals surface area contributed by atoms with Crippen molar-refractivity contribution >= 4 is 17.6 Å². The molecule has 0 amide bonds. The number of hydrogen-bond donors (Lipinski definition) is 2. The number of halogens is 1. The van der Waals surface area contributed by atoms with Crippen LogP contribution in [0.3, 0.4) is 0 Å². The van der Waals surface area contributed by atoms with E-state index in [2.05, 4.69) is 32.3 Å². The van der Waals surface area contributed by atoms with Gasteiger partial charge in [0.2, 0.25) is 11.7 Å². The fraction of sp³-hybridized carbons (Fsp3) is 0.190. The first kappa shape index (κ1) is 20.4. The van der Waals surface area contributed by atoms with Crippen LogP contribution in [0, 0.1) is 0 Å². The number of aliphatic imine (C=N–C) groups is 1. The average Bonchev–Trinajstić information content (AvgIpc) is 3.22. The van der Waals surface area contributed by atoms with Crippen molar-refractivity contribution in [3.8, 4) is 17.1 Å². The highest BCUT2D eigenvalue weighted by Gasteiger charge is 2.10. The molecule has 0 unspecified atom stereocenters. The molecule has 150 valence electrons. The highest BCUT2D eigenvalue weighted by molar-refractivity contribution is 6.30. The van der Waals surface area contributed by atoms with Gasteiger partial charge >= 0.3 is 0 Å². The SMILES string of the molecule is C=CCOc1ccccc1CNC(=NC)NCc1nc(-c2ccc(Cl)cc2)no1. The lowest BCUT2D eigenvalue weighted by molar-refractivity contribution is 0.358. The second-order valence-corrected chi connectivity index (χ2v) is 6.44. The molecule has 7 nitrogen and oxygen atoms in total. The Labute approximate surface area is 174 Å². The standard InChI is InChI=1S/C21H22ClN5O2/c1-3-12-28-18-7-5-4-6-16(18)13-24-21(23-2)25-14-19-26-20(27-29-19)15-8-10-17(22)11-9-15/h3-11H,1,12-14H2,2H3,(H2,23,24,25). The number of ether oxygens (including phenoxy) is 1. The highest BCUT2D eigenvalue weighted by Crippen LogP contribution is 2.19. The normalized spacial score (nSPS) is 11.2. The molecule has 2 aromatic carbocycles. The molecule has 0 aliphatic carbocycles. The summed E-state index contributed by atoms with van der Waals surface area (Å²) in [6, 6.07) is 15.1. The first-order valence-electron chi connectivity index (χ1n) is 9.04. The quantitative estimate of drug-likeness (QED) is 0.333. The van der Waals surface area contributed by atoms with E-state index in [9.17, 15) is 0 Å². The van der Waals surface area contributed by atoms with Gasteiger partial charge in [0.15, 0.2) is 5.96 Å². The number of rotatable bonds is 8. The maximum absolute atomic E-state index is 5.91. The lowest BCUT2D eigenvalue weighted by atomic mass is 10.2. The van der Waals surface area contributed by atoms with Crippen molar-refractivity contribution in [3.63, 3.8) is 0 Å². The predicted molar refractivity (Wildman–Crippen MR) is 114 cm³/mol. The molecule has 0 saturated carbocycles. The molecule has 8 heteroatoms. The van der Waals surface area contributed by atoms with Crippen LogP contribution in [0.4, 0.5) is 0 Å². The third-order valence-corrected chi connectivity index (χ3v) is 4.23. The third-order valence-electron chi connectivity index (χ3n) is 3.98. The molecule has 0 aliphatic heterocycles. The minimum atomic E-state index is 0.342. The Morgan fingerprint density at radius 2 is 1.93 bits per heavy atom. The van der Waals surface area contributed by atoms with Crippen LogP contribution in [0.2, 0.25) is 5.02 Å². The summed E-state index contributed by atoms with van der Waals surface area (Å²) in [6.07, 6.45) is 1.72. The molecular formula is C21H22ClN5O2. The average molecular weight is 412 g/mol. The maximum atomic E-state index is 5.91. The number of nitrogens with one attached hydrogen (secondary N) is 2.